The van der Waals surface area contributed by atoms with Gasteiger partial charge in [-0.1, -0.05) is 41.4 Å². The van der Waals surface area contributed by atoms with Crippen molar-refractivity contribution >= 4 is 46.4 Å². The molecule has 1 heterocycles. The molecule has 1 aliphatic carbocycles. The van der Waals surface area contributed by atoms with Crippen molar-refractivity contribution in [3.63, 3.8) is 0 Å². The molecule has 0 amide bonds. The summed E-state index contributed by atoms with van der Waals surface area (Å²) in [5, 5.41) is 11.8. The fourth-order valence-electron chi connectivity index (χ4n) is 4.39. The van der Waals surface area contributed by atoms with E-state index in [1.807, 2.05) is 0 Å². The molecule has 0 radical (unpaired) electrons. The van der Waals surface area contributed by atoms with Crippen LogP contribution in [0, 0.1) is 11.1 Å². The molecule has 0 aliphatic heterocycles. The van der Waals surface area contributed by atoms with Gasteiger partial charge in [-0.2, -0.15) is 17.8 Å². The van der Waals surface area contributed by atoms with Crippen LogP contribution in [0.2, 0.25) is 10.0 Å². The molecule has 46 heavy (non-hydrogen) atoms. The summed E-state index contributed by atoms with van der Waals surface area (Å²) >= 11 is 10.0. The molecule has 1 aromatic heterocycles. The second-order valence-corrected chi connectivity index (χ2v) is 12.1. The Morgan fingerprint density at radius 1 is 1.11 bits per heavy atom. The highest BCUT2D eigenvalue weighted by molar-refractivity contribution is 7.76. The first-order chi connectivity index (χ1) is 21.9. The Balaban J connectivity index is 1.55. The molecule has 1 aliphatic rings. The lowest BCUT2D eigenvalue weighted by Gasteiger charge is -2.23. The number of ether oxygens (including phenoxy) is 4. The molecule has 1 N–H and O–H groups in total. The van der Waals surface area contributed by atoms with E-state index < -0.39 is 42.5 Å². The standard InChI is InChI=1S/C30H30Cl2F2N2O9S/c1-42-29(38)20-6-4-18(5-7-20)10-11-36(46(40)41)16-28(37)44-26(13-22-23(31)14-35(39)15-24(22)32)21-8-9-25(45-30(33)34)27(12-21)43-17-19-2-3-19/h4-9,12,14-15,19,26,30H,2-3,10-11,13,16-17H2,1H3,(H,40,41)/t26-/m0/s1. The number of hydrogen-bond donors (Lipinski definition) is 1. The van der Waals surface area contributed by atoms with Crippen LogP contribution in [0.5, 0.6) is 11.5 Å². The van der Waals surface area contributed by atoms with Gasteiger partial charge in [-0.05, 0) is 60.6 Å². The van der Waals surface area contributed by atoms with Crippen LogP contribution in [-0.4, -0.2) is 58.4 Å². The number of halogens is 4. The molecule has 1 saturated carbocycles. The summed E-state index contributed by atoms with van der Waals surface area (Å²) in [6.07, 6.45) is 2.99. The van der Waals surface area contributed by atoms with Gasteiger partial charge in [-0.3, -0.25) is 9.35 Å². The van der Waals surface area contributed by atoms with Crippen LogP contribution >= 0.6 is 23.2 Å². The molecule has 4 rings (SSSR count). The fraction of sp³-hybridized carbons (Fsp3) is 0.367. The quantitative estimate of drug-likeness (QED) is 0.0911. The Kier molecular flexibility index (Phi) is 12.5. The molecule has 1 fully saturated rings. The van der Waals surface area contributed by atoms with Crippen LogP contribution in [0.15, 0.2) is 54.9 Å². The zero-order valence-electron chi connectivity index (χ0n) is 24.4. The minimum absolute atomic E-state index is 0.00436. The van der Waals surface area contributed by atoms with E-state index in [9.17, 15) is 32.3 Å². The third kappa shape index (κ3) is 10.2. The normalized spacial score (nSPS) is 14.2. The molecule has 2 aromatic carbocycles. The highest BCUT2D eigenvalue weighted by Crippen LogP contribution is 2.37. The summed E-state index contributed by atoms with van der Waals surface area (Å²) in [7, 11) is 1.26. The van der Waals surface area contributed by atoms with E-state index in [-0.39, 0.29) is 59.0 Å². The van der Waals surface area contributed by atoms with Gasteiger partial charge in [0.05, 0.1) is 19.3 Å². The molecule has 0 saturated heterocycles. The highest BCUT2D eigenvalue weighted by atomic mass is 35.5. The van der Waals surface area contributed by atoms with Crippen molar-refractivity contribution in [1.29, 1.82) is 0 Å². The SMILES string of the molecule is COC(=O)c1ccc(CCN(CC(=O)O[C@@H](Cc2c(Cl)c[n+]([O-])cc2Cl)c2ccc(OC(F)F)c(OCC3CC3)c2)S(=O)O)cc1. The van der Waals surface area contributed by atoms with Crippen molar-refractivity contribution in [2.45, 2.75) is 38.4 Å². The van der Waals surface area contributed by atoms with Gasteiger partial charge in [-0.25, -0.2) is 9.00 Å². The molecule has 248 valence electrons. The predicted molar refractivity (Wildman–Crippen MR) is 163 cm³/mol. The Bertz CT molecular complexity index is 1540. The second-order valence-electron chi connectivity index (χ2n) is 10.3. The van der Waals surface area contributed by atoms with Crippen molar-refractivity contribution in [3.05, 3.63) is 92.4 Å². The number of carbonyl (C=O) groups is 2. The van der Waals surface area contributed by atoms with Gasteiger partial charge in [0.15, 0.2) is 23.9 Å². The third-order valence-corrected chi connectivity index (χ3v) is 8.40. The monoisotopic (exact) mass is 702 g/mol. The van der Waals surface area contributed by atoms with Crippen LogP contribution in [0.25, 0.3) is 0 Å². The van der Waals surface area contributed by atoms with Crippen molar-refractivity contribution in [3.8, 4) is 11.5 Å². The van der Waals surface area contributed by atoms with Gasteiger partial charge < -0.3 is 24.2 Å². The predicted octanol–water partition coefficient (Wildman–Crippen LogP) is 5.31. The lowest BCUT2D eigenvalue weighted by atomic mass is 10.0. The maximum absolute atomic E-state index is 13.2. The number of benzene rings is 2. The van der Waals surface area contributed by atoms with E-state index in [4.69, 9.17) is 32.7 Å². The second kappa shape index (κ2) is 16.3. The summed E-state index contributed by atoms with van der Waals surface area (Å²) in [6, 6.07) is 10.5. The van der Waals surface area contributed by atoms with Gasteiger partial charge in [0.2, 0.25) is 11.3 Å². The number of esters is 2. The number of methoxy groups -OCH3 is 1. The van der Waals surface area contributed by atoms with Crippen LogP contribution in [0.1, 0.15) is 46.0 Å². The third-order valence-electron chi connectivity index (χ3n) is 7.00. The molecule has 1 unspecified atom stereocenters. The lowest BCUT2D eigenvalue weighted by Crippen LogP contribution is -2.35. The van der Waals surface area contributed by atoms with Crippen molar-refractivity contribution in [2.24, 2.45) is 5.92 Å². The minimum atomic E-state index is -3.11. The first kappa shape index (κ1) is 35.3. The largest absolute Gasteiger partial charge is 0.619 e. The molecule has 2 atom stereocenters. The summed E-state index contributed by atoms with van der Waals surface area (Å²) < 4.78 is 70.4. The number of aromatic nitrogens is 1. The molecule has 0 spiro atoms. The van der Waals surface area contributed by atoms with Crippen molar-refractivity contribution in [1.82, 2.24) is 4.31 Å². The van der Waals surface area contributed by atoms with E-state index in [2.05, 4.69) is 9.47 Å². The molecule has 3 aromatic rings. The minimum Gasteiger partial charge on any atom is -0.619 e. The van der Waals surface area contributed by atoms with Gasteiger partial charge >= 0.3 is 18.6 Å². The summed E-state index contributed by atoms with van der Waals surface area (Å²) in [5.41, 5.74) is 1.62. The maximum atomic E-state index is 13.2. The molecule has 16 heteroatoms. The lowest BCUT2D eigenvalue weighted by molar-refractivity contribution is -0.605. The van der Waals surface area contributed by atoms with Crippen molar-refractivity contribution < 1.29 is 50.8 Å². The number of carbonyl (C=O) groups excluding carboxylic acids is 2. The summed E-state index contributed by atoms with van der Waals surface area (Å²) in [4.78, 5) is 24.9. The Labute approximate surface area is 275 Å². The molecular formula is C30H30Cl2F2N2O9S. The van der Waals surface area contributed by atoms with Crippen LogP contribution in [0.4, 0.5) is 8.78 Å². The van der Waals surface area contributed by atoms with E-state index in [0.717, 1.165) is 35.1 Å². The van der Waals surface area contributed by atoms with Gasteiger partial charge in [0, 0.05) is 18.5 Å². The van der Waals surface area contributed by atoms with Crippen LogP contribution < -0.4 is 14.2 Å². The van der Waals surface area contributed by atoms with E-state index in [1.165, 1.54) is 25.3 Å². The molecular weight excluding hydrogens is 673 g/mol. The summed E-state index contributed by atoms with van der Waals surface area (Å²) in [5.74, 6) is -1.33. The number of nitrogens with zero attached hydrogens (tertiary/aromatic N) is 2. The maximum Gasteiger partial charge on any atom is 0.387 e. The topological polar surface area (TPSA) is 139 Å². The van der Waals surface area contributed by atoms with E-state index in [1.54, 1.807) is 24.3 Å². The smallest absolute Gasteiger partial charge is 0.387 e. The summed E-state index contributed by atoms with van der Waals surface area (Å²) in [6.45, 7) is -3.47. The zero-order chi connectivity index (χ0) is 33.4. The Morgan fingerprint density at radius 3 is 2.37 bits per heavy atom. The van der Waals surface area contributed by atoms with Gasteiger partial charge in [0.25, 0.3) is 0 Å². The number of alkyl halides is 2. The van der Waals surface area contributed by atoms with Gasteiger partial charge in [0.1, 0.15) is 22.7 Å². The number of rotatable bonds is 16. The van der Waals surface area contributed by atoms with Gasteiger partial charge in [-0.15, -0.1) is 0 Å². The first-order valence-electron chi connectivity index (χ1n) is 13.9. The van der Waals surface area contributed by atoms with Crippen LogP contribution in [0.3, 0.4) is 0 Å². The fourth-order valence-corrected chi connectivity index (χ4v) is 5.46. The zero-order valence-corrected chi connectivity index (χ0v) is 26.7. The molecule has 11 nitrogen and oxygen atoms in total. The molecule has 0 bridgehead atoms. The average Bonchev–Trinajstić information content (AvgIpc) is 3.84. The first-order valence-corrected chi connectivity index (χ1v) is 15.8. The number of pyridine rings is 1. The average molecular weight is 704 g/mol. The van der Waals surface area contributed by atoms with Crippen molar-refractivity contribution in [2.75, 3.05) is 26.8 Å². The Morgan fingerprint density at radius 2 is 1.78 bits per heavy atom. The Hall–Kier alpha value is -3.56. The van der Waals surface area contributed by atoms with Crippen LogP contribution in [-0.2, 0) is 38.4 Å². The number of hydrogen-bond acceptors (Lipinski definition) is 8. The van der Waals surface area contributed by atoms with E-state index in [0.29, 0.717) is 15.9 Å². The highest BCUT2D eigenvalue weighted by Gasteiger charge is 2.27. The van der Waals surface area contributed by atoms with E-state index >= 15 is 0 Å².